The first-order valence-electron chi connectivity index (χ1n) is 11.0. The first-order valence-corrected chi connectivity index (χ1v) is 11.0. The molecule has 9 nitrogen and oxygen atoms in total. The molecule has 0 saturated carbocycles. The molecule has 3 amide bonds. The minimum Gasteiger partial charge on any atom is -0.444 e. The van der Waals surface area contributed by atoms with Gasteiger partial charge in [-0.25, -0.2) is 4.79 Å². The smallest absolute Gasteiger partial charge is 0.408 e. The highest BCUT2D eigenvalue weighted by atomic mass is 16.6. The van der Waals surface area contributed by atoms with Gasteiger partial charge >= 0.3 is 6.09 Å². The minimum atomic E-state index is -0.879. The molecule has 0 fully saturated rings. The molecule has 0 aromatic rings. The van der Waals surface area contributed by atoms with Crippen molar-refractivity contribution in [1.29, 1.82) is 0 Å². The van der Waals surface area contributed by atoms with Gasteiger partial charge in [-0.15, -0.1) is 0 Å². The van der Waals surface area contributed by atoms with Gasteiger partial charge in [0.25, 0.3) is 0 Å². The summed E-state index contributed by atoms with van der Waals surface area (Å²) in [5, 5.41) is 7.95. The van der Waals surface area contributed by atoms with Gasteiger partial charge in [0.1, 0.15) is 17.7 Å². The molecule has 0 aromatic carbocycles. The van der Waals surface area contributed by atoms with Crippen LogP contribution in [0, 0.1) is 11.8 Å². The molecule has 31 heavy (non-hydrogen) atoms. The zero-order valence-electron chi connectivity index (χ0n) is 20.0. The number of alkyl carbamates (subject to hydrolysis) is 1. The monoisotopic (exact) mass is 441 g/mol. The quantitative estimate of drug-likeness (QED) is 0.321. The Hall–Kier alpha value is -2.16. The first-order chi connectivity index (χ1) is 14.3. The van der Waals surface area contributed by atoms with Gasteiger partial charge < -0.3 is 26.4 Å². The number of hydrogen-bond acceptors (Lipinski definition) is 6. The van der Waals surface area contributed by atoms with E-state index in [1.807, 2.05) is 20.1 Å². The number of hydrogen-bond donors (Lipinski definition) is 4. The molecule has 0 aliphatic rings. The maximum Gasteiger partial charge on any atom is 0.408 e. The van der Waals surface area contributed by atoms with Crippen LogP contribution in [0.1, 0.15) is 74.1 Å². The third-order valence-corrected chi connectivity index (χ3v) is 4.37. The molecule has 0 bridgehead atoms. The molecule has 1 radical (unpaired) electrons. The third-order valence-electron chi connectivity index (χ3n) is 4.37. The highest BCUT2D eigenvalue weighted by Crippen LogP contribution is 2.11. The van der Waals surface area contributed by atoms with Gasteiger partial charge in [0.05, 0.1) is 6.04 Å². The van der Waals surface area contributed by atoms with E-state index < -0.39 is 41.6 Å². The van der Waals surface area contributed by atoms with Crippen molar-refractivity contribution in [1.82, 2.24) is 16.0 Å². The molecule has 0 rings (SSSR count). The molecule has 0 aliphatic heterocycles. The first kappa shape index (κ1) is 28.8. The van der Waals surface area contributed by atoms with Crippen molar-refractivity contribution >= 4 is 24.2 Å². The lowest BCUT2D eigenvalue weighted by Gasteiger charge is -2.28. The fraction of sp³-hybridized carbons (Fsp3) is 0.818. The summed E-state index contributed by atoms with van der Waals surface area (Å²) in [6, 6.07) is -2.48. The number of nitrogens with two attached hydrogens (primary N) is 1. The fourth-order valence-corrected chi connectivity index (χ4v) is 2.86. The van der Waals surface area contributed by atoms with Crippen LogP contribution in [0.3, 0.4) is 0 Å². The van der Waals surface area contributed by atoms with Crippen molar-refractivity contribution in [3.05, 3.63) is 0 Å². The number of unbranched alkanes of at least 4 members (excludes halogenated alkanes) is 1. The van der Waals surface area contributed by atoms with E-state index in [0.717, 1.165) is 6.42 Å². The number of carbonyl (C=O) groups is 3. The van der Waals surface area contributed by atoms with Gasteiger partial charge in [-0.2, -0.15) is 0 Å². The van der Waals surface area contributed by atoms with Crippen LogP contribution in [0.4, 0.5) is 4.79 Å². The molecular formula is C22H41N4O5. The summed E-state index contributed by atoms with van der Waals surface area (Å²) in [6.07, 6.45) is 3.37. The van der Waals surface area contributed by atoms with E-state index in [1.54, 1.807) is 34.6 Å². The van der Waals surface area contributed by atoms with Crippen molar-refractivity contribution in [3.8, 4) is 0 Å². The highest BCUT2D eigenvalue weighted by Gasteiger charge is 2.31. The standard InChI is InChI=1S/C22H41N4O5/c1-14(2)12-17(19(28)24-16(13-27)10-8-9-11-23)25-20(29)18(15(3)4)26-21(30)31-22(5,6)7/h14-18H,8-12,23H2,1-7H3,(H,24,28)(H,25,29)(H,26,30)/t16?,17?,18-/m1/s1. The second kappa shape index (κ2) is 14.0. The Morgan fingerprint density at radius 1 is 0.968 bits per heavy atom. The predicted molar refractivity (Wildman–Crippen MR) is 120 cm³/mol. The van der Waals surface area contributed by atoms with Gasteiger partial charge in [0.15, 0.2) is 0 Å². The second-order valence-corrected chi connectivity index (χ2v) is 9.52. The van der Waals surface area contributed by atoms with Gasteiger partial charge in [-0.05, 0) is 64.8 Å². The Morgan fingerprint density at radius 2 is 1.58 bits per heavy atom. The summed E-state index contributed by atoms with van der Waals surface area (Å²) >= 11 is 0. The van der Waals surface area contributed by atoms with E-state index in [1.165, 1.54) is 0 Å². The summed E-state index contributed by atoms with van der Waals surface area (Å²) in [4.78, 5) is 49.0. The lowest BCUT2D eigenvalue weighted by Crippen LogP contribution is -2.57. The number of amides is 3. The van der Waals surface area contributed by atoms with E-state index in [4.69, 9.17) is 10.5 Å². The van der Waals surface area contributed by atoms with E-state index in [0.29, 0.717) is 25.8 Å². The summed E-state index contributed by atoms with van der Waals surface area (Å²) in [5.74, 6) is -1.06. The average Bonchev–Trinajstić information content (AvgIpc) is 2.62. The number of ether oxygens (including phenoxy) is 1. The Labute approximate surface area is 186 Å². The highest BCUT2D eigenvalue weighted by molar-refractivity contribution is 5.92. The lowest BCUT2D eigenvalue weighted by atomic mass is 9.99. The largest absolute Gasteiger partial charge is 0.444 e. The molecule has 0 aromatic heterocycles. The maximum absolute atomic E-state index is 12.9. The van der Waals surface area contributed by atoms with Gasteiger partial charge in [-0.1, -0.05) is 27.7 Å². The summed E-state index contributed by atoms with van der Waals surface area (Å²) in [7, 11) is 0. The molecular weight excluding hydrogens is 400 g/mol. The Morgan fingerprint density at radius 3 is 2.03 bits per heavy atom. The normalized spacial score (nSPS) is 14.5. The predicted octanol–water partition coefficient (Wildman–Crippen LogP) is 1.79. The second-order valence-electron chi connectivity index (χ2n) is 9.52. The third kappa shape index (κ3) is 13.0. The number of nitrogens with one attached hydrogen (secondary N) is 3. The van der Waals surface area contributed by atoms with Gasteiger partial charge in [0, 0.05) is 0 Å². The van der Waals surface area contributed by atoms with Crippen LogP contribution in [-0.4, -0.2) is 54.5 Å². The van der Waals surface area contributed by atoms with Crippen molar-refractivity contribution < 1.29 is 23.9 Å². The lowest BCUT2D eigenvalue weighted by molar-refractivity contribution is -0.131. The molecule has 0 aliphatic carbocycles. The summed E-state index contributed by atoms with van der Waals surface area (Å²) < 4.78 is 5.24. The zero-order chi connectivity index (χ0) is 24.2. The number of carbonyl (C=O) groups excluding carboxylic acids is 4. The SMILES string of the molecule is CC(C)CC(NC(=O)[C@H](NC(=O)OC(C)(C)C)C(C)C)C(=O)NC([C]=O)CCCCN. The number of rotatable bonds is 13. The van der Waals surface area contributed by atoms with E-state index in [9.17, 15) is 19.2 Å². The van der Waals surface area contributed by atoms with Crippen LogP contribution in [0.5, 0.6) is 0 Å². The molecule has 2 unspecified atom stereocenters. The fourth-order valence-electron chi connectivity index (χ4n) is 2.86. The van der Waals surface area contributed by atoms with Crippen LogP contribution in [0.25, 0.3) is 0 Å². The van der Waals surface area contributed by atoms with Gasteiger partial charge in [-0.3, -0.25) is 14.4 Å². The van der Waals surface area contributed by atoms with Crippen LogP contribution < -0.4 is 21.7 Å². The topological polar surface area (TPSA) is 140 Å². The molecule has 179 valence electrons. The van der Waals surface area contributed by atoms with Crippen LogP contribution >= 0.6 is 0 Å². The van der Waals surface area contributed by atoms with Crippen LogP contribution in [0.2, 0.25) is 0 Å². The van der Waals surface area contributed by atoms with E-state index in [-0.39, 0.29) is 11.8 Å². The summed E-state index contributed by atoms with van der Waals surface area (Å²) in [6.45, 7) is 13.1. The molecule has 3 atom stereocenters. The Balaban J connectivity index is 5.23. The maximum atomic E-state index is 12.9. The van der Waals surface area contributed by atoms with Crippen LogP contribution in [-0.2, 0) is 19.1 Å². The van der Waals surface area contributed by atoms with Crippen molar-refractivity contribution in [2.45, 2.75) is 97.9 Å². The molecule has 0 heterocycles. The van der Waals surface area contributed by atoms with E-state index >= 15 is 0 Å². The molecule has 0 spiro atoms. The van der Waals surface area contributed by atoms with Crippen molar-refractivity contribution in [3.63, 3.8) is 0 Å². The Bertz CT molecular complexity index is 587. The summed E-state index contributed by atoms with van der Waals surface area (Å²) in [5.41, 5.74) is 4.76. The van der Waals surface area contributed by atoms with Gasteiger partial charge in [0.2, 0.25) is 18.1 Å². The zero-order valence-corrected chi connectivity index (χ0v) is 20.0. The molecule has 0 saturated heterocycles. The van der Waals surface area contributed by atoms with E-state index in [2.05, 4.69) is 16.0 Å². The van der Waals surface area contributed by atoms with Crippen molar-refractivity contribution in [2.75, 3.05) is 6.54 Å². The minimum absolute atomic E-state index is 0.114. The average molecular weight is 442 g/mol. The molecule has 9 heteroatoms. The van der Waals surface area contributed by atoms with Crippen LogP contribution in [0.15, 0.2) is 0 Å². The molecule has 5 N–H and O–H groups in total. The van der Waals surface area contributed by atoms with Crippen molar-refractivity contribution in [2.24, 2.45) is 17.6 Å². The Kier molecular flexibility index (Phi) is 13.0.